The average molecular weight is 264 g/mol. The van der Waals surface area contributed by atoms with E-state index in [1.54, 1.807) is 0 Å². The van der Waals surface area contributed by atoms with E-state index in [-0.39, 0.29) is 0 Å². The van der Waals surface area contributed by atoms with E-state index in [1.165, 1.54) is 5.56 Å². The number of nitrogens with two attached hydrogens (primary N) is 1. The van der Waals surface area contributed by atoms with Crippen LogP contribution < -0.4 is 10.5 Å². The molecule has 20 heavy (non-hydrogen) atoms. The summed E-state index contributed by atoms with van der Waals surface area (Å²) in [5, 5.41) is 1.11. The van der Waals surface area contributed by atoms with Gasteiger partial charge in [-0.25, -0.2) is 4.98 Å². The van der Waals surface area contributed by atoms with Gasteiger partial charge in [-0.1, -0.05) is 30.3 Å². The Kier molecular flexibility index (Phi) is 3.61. The van der Waals surface area contributed by atoms with Crippen molar-refractivity contribution < 1.29 is 4.74 Å². The largest absolute Gasteiger partial charge is 0.439 e. The molecular weight excluding hydrogens is 248 g/mol. The van der Waals surface area contributed by atoms with Gasteiger partial charge in [0.1, 0.15) is 5.75 Å². The summed E-state index contributed by atoms with van der Waals surface area (Å²) >= 11 is 0. The molecule has 3 rings (SSSR count). The highest BCUT2D eigenvalue weighted by molar-refractivity contribution is 5.78. The van der Waals surface area contributed by atoms with Crippen LogP contribution >= 0.6 is 0 Å². The molecule has 0 fully saturated rings. The number of rotatable bonds is 4. The van der Waals surface area contributed by atoms with Gasteiger partial charge in [0, 0.05) is 11.5 Å². The smallest absolute Gasteiger partial charge is 0.219 e. The second-order valence-electron chi connectivity index (χ2n) is 4.63. The van der Waals surface area contributed by atoms with Crippen LogP contribution in [0.15, 0.2) is 60.7 Å². The first-order valence-electron chi connectivity index (χ1n) is 6.68. The molecule has 3 aromatic rings. The van der Waals surface area contributed by atoms with Gasteiger partial charge in [-0.2, -0.15) is 0 Å². The first kappa shape index (κ1) is 12.6. The Hall–Kier alpha value is -2.39. The second kappa shape index (κ2) is 5.72. The number of aromatic nitrogens is 1. The minimum Gasteiger partial charge on any atom is -0.439 e. The highest BCUT2D eigenvalue weighted by atomic mass is 16.5. The Balaban J connectivity index is 1.81. The summed E-state index contributed by atoms with van der Waals surface area (Å²) < 4.78 is 5.78. The normalized spacial score (nSPS) is 10.7. The summed E-state index contributed by atoms with van der Waals surface area (Å²) in [6.07, 6.45) is 0.883. The van der Waals surface area contributed by atoms with Gasteiger partial charge in [0.25, 0.3) is 0 Å². The summed E-state index contributed by atoms with van der Waals surface area (Å²) in [4.78, 5) is 4.49. The van der Waals surface area contributed by atoms with Crippen molar-refractivity contribution in [1.82, 2.24) is 4.98 Å². The predicted molar refractivity (Wildman–Crippen MR) is 81.0 cm³/mol. The molecule has 0 unspecified atom stereocenters. The van der Waals surface area contributed by atoms with E-state index in [2.05, 4.69) is 4.98 Å². The van der Waals surface area contributed by atoms with E-state index in [1.807, 2.05) is 60.7 Å². The molecule has 0 aliphatic carbocycles. The van der Waals surface area contributed by atoms with Crippen LogP contribution in [0.4, 0.5) is 0 Å². The minimum absolute atomic E-state index is 0.607. The molecule has 0 aliphatic heterocycles. The molecule has 2 aromatic carbocycles. The summed E-state index contributed by atoms with van der Waals surface area (Å²) in [6.45, 7) is 0.659. The van der Waals surface area contributed by atoms with Gasteiger partial charge in [0.2, 0.25) is 5.88 Å². The molecule has 100 valence electrons. The van der Waals surface area contributed by atoms with Crippen molar-refractivity contribution in [3.05, 3.63) is 66.2 Å². The monoisotopic (exact) mass is 264 g/mol. The number of nitrogens with zero attached hydrogens (tertiary/aromatic N) is 1. The van der Waals surface area contributed by atoms with Gasteiger partial charge in [-0.3, -0.25) is 0 Å². The van der Waals surface area contributed by atoms with Crippen LogP contribution in [0.1, 0.15) is 5.56 Å². The Bertz CT molecular complexity index is 708. The maximum atomic E-state index is 5.78. The lowest BCUT2D eigenvalue weighted by Gasteiger charge is -2.06. The van der Waals surface area contributed by atoms with E-state index < -0.39 is 0 Å². The topological polar surface area (TPSA) is 48.1 Å². The Morgan fingerprint density at radius 1 is 0.900 bits per heavy atom. The maximum Gasteiger partial charge on any atom is 0.219 e. The molecule has 0 aliphatic rings. The average Bonchev–Trinajstić information content (AvgIpc) is 2.49. The van der Waals surface area contributed by atoms with Crippen LogP contribution in [-0.2, 0) is 6.42 Å². The van der Waals surface area contributed by atoms with Crippen molar-refractivity contribution in [2.24, 2.45) is 5.73 Å². The molecule has 0 spiro atoms. The van der Waals surface area contributed by atoms with Crippen LogP contribution in [0.5, 0.6) is 11.6 Å². The van der Waals surface area contributed by atoms with Crippen molar-refractivity contribution in [3.8, 4) is 11.6 Å². The fourth-order valence-electron chi connectivity index (χ4n) is 2.12. The number of pyridine rings is 1. The van der Waals surface area contributed by atoms with Crippen LogP contribution in [0, 0.1) is 0 Å². The summed E-state index contributed by atoms with van der Waals surface area (Å²) in [5.41, 5.74) is 7.68. The van der Waals surface area contributed by atoms with Gasteiger partial charge < -0.3 is 10.5 Å². The standard InChI is InChI=1S/C17H16N2O/c18-12-11-13-5-8-15(9-6-13)20-17-10-7-14-3-1-2-4-16(14)19-17/h1-10H,11-12,18H2. The quantitative estimate of drug-likeness (QED) is 0.784. The number of para-hydroxylation sites is 1. The lowest BCUT2D eigenvalue weighted by atomic mass is 10.1. The third-order valence-electron chi connectivity index (χ3n) is 3.15. The van der Waals surface area contributed by atoms with Gasteiger partial charge in [-0.15, -0.1) is 0 Å². The molecule has 2 N–H and O–H groups in total. The molecule has 0 bridgehead atoms. The van der Waals surface area contributed by atoms with Gasteiger partial charge >= 0.3 is 0 Å². The highest BCUT2D eigenvalue weighted by Gasteiger charge is 2.01. The predicted octanol–water partition coefficient (Wildman–Crippen LogP) is 3.53. The van der Waals surface area contributed by atoms with E-state index in [0.717, 1.165) is 23.1 Å². The highest BCUT2D eigenvalue weighted by Crippen LogP contribution is 2.22. The zero-order valence-electron chi connectivity index (χ0n) is 11.1. The summed E-state index contributed by atoms with van der Waals surface area (Å²) in [7, 11) is 0. The van der Waals surface area contributed by atoms with E-state index in [0.29, 0.717) is 12.4 Å². The van der Waals surface area contributed by atoms with E-state index in [9.17, 15) is 0 Å². The Morgan fingerprint density at radius 2 is 1.70 bits per heavy atom. The fourth-order valence-corrected chi connectivity index (χ4v) is 2.12. The van der Waals surface area contributed by atoms with Crippen molar-refractivity contribution >= 4 is 10.9 Å². The third kappa shape index (κ3) is 2.78. The lowest BCUT2D eigenvalue weighted by Crippen LogP contribution is -2.02. The van der Waals surface area contributed by atoms with E-state index >= 15 is 0 Å². The number of hydrogen-bond donors (Lipinski definition) is 1. The molecule has 0 saturated carbocycles. The van der Waals surface area contributed by atoms with E-state index in [4.69, 9.17) is 10.5 Å². The van der Waals surface area contributed by atoms with Gasteiger partial charge in [0.05, 0.1) is 5.52 Å². The number of hydrogen-bond acceptors (Lipinski definition) is 3. The van der Waals surface area contributed by atoms with Crippen molar-refractivity contribution in [3.63, 3.8) is 0 Å². The van der Waals surface area contributed by atoms with Crippen molar-refractivity contribution in [1.29, 1.82) is 0 Å². The third-order valence-corrected chi connectivity index (χ3v) is 3.15. The number of ether oxygens (including phenoxy) is 1. The molecule has 3 heteroatoms. The lowest BCUT2D eigenvalue weighted by molar-refractivity contribution is 0.465. The summed E-state index contributed by atoms with van der Waals surface area (Å²) in [5.74, 6) is 1.39. The molecule has 0 atom stereocenters. The Morgan fingerprint density at radius 3 is 2.50 bits per heavy atom. The number of benzene rings is 2. The Labute approximate surface area is 118 Å². The van der Waals surface area contributed by atoms with Crippen LogP contribution in [0.3, 0.4) is 0 Å². The van der Waals surface area contributed by atoms with Gasteiger partial charge in [0.15, 0.2) is 0 Å². The fraction of sp³-hybridized carbons (Fsp3) is 0.118. The van der Waals surface area contributed by atoms with Gasteiger partial charge in [-0.05, 0) is 42.8 Å². The number of fused-ring (bicyclic) bond motifs is 1. The SMILES string of the molecule is NCCc1ccc(Oc2ccc3ccccc3n2)cc1. The minimum atomic E-state index is 0.607. The first-order chi connectivity index (χ1) is 9.85. The van der Waals surface area contributed by atoms with Crippen molar-refractivity contribution in [2.75, 3.05) is 6.54 Å². The van der Waals surface area contributed by atoms with Crippen LogP contribution in [0.25, 0.3) is 10.9 Å². The van der Waals surface area contributed by atoms with Crippen molar-refractivity contribution in [2.45, 2.75) is 6.42 Å². The molecule has 3 nitrogen and oxygen atoms in total. The van der Waals surface area contributed by atoms with Crippen LogP contribution in [0.2, 0.25) is 0 Å². The molecule has 0 amide bonds. The molecule has 0 saturated heterocycles. The van der Waals surface area contributed by atoms with Crippen LogP contribution in [-0.4, -0.2) is 11.5 Å². The second-order valence-corrected chi connectivity index (χ2v) is 4.63. The first-order valence-corrected chi connectivity index (χ1v) is 6.68. The summed E-state index contributed by atoms with van der Waals surface area (Å²) in [6, 6.07) is 19.8. The molecule has 1 heterocycles. The zero-order chi connectivity index (χ0) is 13.8. The zero-order valence-corrected chi connectivity index (χ0v) is 11.1. The molecular formula is C17H16N2O. The molecule has 1 aromatic heterocycles. The molecule has 0 radical (unpaired) electrons. The maximum absolute atomic E-state index is 5.78.